The number of halogens is 4. The van der Waals surface area contributed by atoms with E-state index in [2.05, 4.69) is 0 Å². The summed E-state index contributed by atoms with van der Waals surface area (Å²) < 4.78 is 20.5. The molecule has 0 aromatic rings. The van der Waals surface area contributed by atoms with Gasteiger partial charge in [0.15, 0.2) is 0 Å². The van der Waals surface area contributed by atoms with E-state index in [9.17, 15) is 9.13 Å². The van der Waals surface area contributed by atoms with Crippen molar-refractivity contribution in [2.24, 2.45) is 0 Å². The van der Waals surface area contributed by atoms with E-state index in [0.29, 0.717) is 0 Å². The Morgan fingerprint density at radius 1 is 0.750 bits per heavy atom. The van der Waals surface area contributed by atoms with Crippen LogP contribution in [0.1, 0.15) is 0 Å². The highest BCUT2D eigenvalue weighted by atomic mass is 36.0. The Balaban J connectivity index is 4.53. The SMILES string of the molecule is O=P(Cl)(Cl)P(=O)(Cl)Cl. The van der Waals surface area contributed by atoms with Crippen molar-refractivity contribution in [3.63, 3.8) is 0 Å². The smallest absolute Gasteiger partial charge is 0.278 e. The van der Waals surface area contributed by atoms with E-state index in [1.165, 1.54) is 0 Å². The van der Waals surface area contributed by atoms with E-state index in [4.69, 9.17) is 45.0 Å². The molecule has 0 atom stereocenters. The summed E-state index contributed by atoms with van der Waals surface area (Å²) >= 11 is 19.2. The number of rotatable bonds is 1. The molecular weight excluding hydrogens is 236 g/mol. The number of hydrogen-bond acceptors (Lipinski definition) is 2. The van der Waals surface area contributed by atoms with E-state index < -0.39 is 11.1 Å². The van der Waals surface area contributed by atoms with Crippen molar-refractivity contribution in [3.05, 3.63) is 0 Å². The fraction of sp³-hybridized carbons (Fsp3) is 0. The molecule has 0 N–H and O–H groups in total. The minimum atomic E-state index is -3.82. The van der Waals surface area contributed by atoms with Gasteiger partial charge >= 0.3 is 11.1 Å². The minimum Gasteiger partial charge on any atom is -0.278 e. The molecule has 0 rings (SSSR count). The van der Waals surface area contributed by atoms with Crippen LogP contribution in [0.2, 0.25) is 0 Å². The van der Waals surface area contributed by atoms with Crippen molar-refractivity contribution in [1.29, 1.82) is 0 Å². The lowest BCUT2D eigenvalue weighted by molar-refractivity contribution is 0.585. The molecule has 0 fully saturated rings. The zero-order chi connectivity index (χ0) is 7.00. The molecule has 8 heavy (non-hydrogen) atoms. The fourth-order valence-corrected chi connectivity index (χ4v) is 0. The Labute approximate surface area is 65.2 Å². The maximum absolute atomic E-state index is 10.2. The lowest BCUT2D eigenvalue weighted by Gasteiger charge is -1.98. The van der Waals surface area contributed by atoms with Crippen molar-refractivity contribution in [2.45, 2.75) is 0 Å². The molecule has 0 amide bonds. The Hall–Kier alpha value is 1.62. The van der Waals surface area contributed by atoms with Gasteiger partial charge in [-0.15, -0.1) is 0 Å². The van der Waals surface area contributed by atoms with Gasteiger partial charge in [0, 0.05) is 0 Å². The molecule has 2 nitrogen and oxygen atoms in total. The minimum absolute atomic E-state index is 3.82. The molecule has 0 saturated carbocycles. The van der Waals surface area contributed by atoms with Gasteiger partial charge in [-0.25, -0.2) is 0 Å². The Kier molecular flexibility index (Phi) is 3.24. The molecule has 0 spiro atoms. The van der Waals surface area contributed by atoms with E-state index in [1.54, 1.807) is 0 Å². The molecule has 0 aliphatic rings. The molecule has 50 valence electrons. The summed E-state index contributed by atoms with van der Waals surface area (Å²) in [7, 11) is 0. The summed E-state index contributed by atoms with van der Waals surface area (Å²) in [6.07, 6.45) is 0. The van der Waals surface area contributed by atoms with Crippen LogP contribution in [0.25, 0.3) is 0 Å². The van der Waals surface area contributed by atoms with Crippen molar-refractivity contribution in [3.8, 4) is 0 Å². The van der Waals surface area contributed by atoms with E-state index in [-0.39, 0.29) is 0 Å². The van der Waals surface area contributed by atoms with Gasteiger partial charge in [0.2, 0.25) is 0 Å². The van der Waals surface area contributed by atoms with Gasteiger partial charge < -0.3 is 0 Å². The summed E-state index contributed by atoms with van der Waals surface area (Å²) in [5.74, 6) is 0. The quantitative estimate of drug-likeness (QED) is 0.637. The standard InChI is InChI=1S/Cl4O2P2/c1-7(2,5)8(3,4)6. The topological polar surface area (TPSA) is 34.1 Å². The number of hydrogen-bond donors (Lipinski definition) is 0. The summed E-state index contributed by atoms with van der Waals surface area (Å²) in [6.45, 7) is 0. The second-order valence-corrected chi connectivity index (χ2v) is 15.6. The first-order valence-electron chi connectivity index (χ1n) is 1.24. The molecule has 0 bridgehead atoms. The lowest BCUT2D eigenvalue weighted by Crippen LogP contribution is -1.45. The van der Waals surface area contributed by atoms with Crippen molar-refractivity contribution >= 4 is 56.0 Å². The van der Waals surface area contributed by atoms with Crippen LogP contribution in [-0.4, -0.2) is 0 Å². The van der Waals surface area contributed by atoms with Crippen molar-refractivity contribution in [2.75, 3.05) is 0 Å². The predicted octanol–water partition coefficient (Wildman–Crippen LogP) is 4.24. The first-order chi connectivity index (χ1) is 3.25. The molecular formula is Cl4O2P2. The van der Waals surface area contributed by atoms with Gasteiger partial charge in [0.1, 0.15) is 0 Å². The van der Waals surface area contributed by atoms with Crippen LogP contribution in [-0.2, 0) is 9.13 Å². The normalized spacial score (nSPS) is 14.0. The van der Waals surface area contributed by atoms with Crippen LogP contribution in [0.5, 0.6) is 0 Å². The molecule has 0 aromatic carbocycles. The summed E-state index contributed by atoms with van der Waals surface area (Å²) in [6, 6.07) is 0. The first-order valence-corrected chi connectivity index (χ1v) is 8.98. The highest BCUT2D eigenvalue weighted by Gasteiger charge is 2.37. The summed E-state index contributed by atoms with van der Waals surface area (Å²) in [5.41, 5.74) is -7.64. The third kappa shape index (κ3) is 2.96. The second kappa shape index (κ2) is 2.70. The van der Waals surface area contributed by atoms with Crippen molar-refractivity contribution in [1.82, 2.24) is 0 Å². The largest absolute Gasteiger partial charge is 0.337 e. The molecule has 0 aliphatic carbocycles. The van der Waals surface area contributed by atoms with Gasteiger partial charge in [-0.2, -0.15) is 0 Å². The Bertz CT molecular complexity index is 141. The maximum Gasteiger partial charge on any atom is 0.337 e. The van der Waals surface area contributed by atoms with Crippen molar-refractivity contribution < 1.29 is 9.13 Å². The zero-order valence-corrected chi connectivity index (χ0v) is 8.04. The molecule has 0 aromatic heterocycles. The van der Waals surface area contributed by atoms with E-state index in [0.717, 1.165) is 0 Å². The maximum atomic E-state index is 10.2. The molecule has 0 radical (unpaired) electrons. The average Bonchev–Trinajstić information content (AvgIpc) is 1.25. The highest BCUT2D eigenvalue weighted by molar-refractivity contribution is 8.69. The molecule has 0 heterocycles. The molecule has 8 heteroatoms. The van der Waals surface area contributed by atoms with Gasteiger partial charge in [0.05, 0.1) is 0 Å². The van der Waals surface area contributed by atoms with Gasteiger partial charge in [0.25, 0.3) is 0 Å². The summed E-state index contributed by atoms with van der Waals surface area (Å²) in [5, 5.41) is 0. The predicted molar refractivity (Wildman–Crippen MR) is 38.6 cm³/mol. The van der Waals surface area contributed by atoms with Crippen LogP contribution in [0.4, 0.5) is 0 Å². The second-order valence-electron chi connectivity index (χ2n) is 0.869. The average molecular weight is 236 g/mol. The van der Waals surface area contributed by atoms with E-state index in [1.807, 2.05) is 0 Å². The zero-order valence-electron chi connectivity index (χ0n) is 3.22. The van der Waals surface area contributed by atoms with E-state index >= 15 is 0 Å². The van der Waals surface area contributed by atoms with Crippen LogP contribution >= 0.6 is 56.0 Å². The lowest BCUT2D eigenvalue weighted by atomic mass is 16.0. The first kappa shape index (κ1) is 9.62. The molecule has 0 saturated heterocycles. The van der Waals surface area contributed by atoms with Crippen LogP contribution in [0.3, 0.4) is 0 Å². The van der Waals surface area contributed by atoms with Crippen LogP contribution in [0, 0.1) is 0 Å². The fourth-order valence-electron chi connectivity index (χ4n) is 0. The van der Waals surface area contributed by atoms with Gasteiger partial charge in [-0.1, -0.05) is 0 Å². The molecule has 0 aliphatic heterocycles. The van der Waals surface area contributed by atoms with Crippen LogP contribution in [0.15, 0.2) is 0 Å². The molecule has 0 unspecified atom stereocenters. The monoisotopic (exact) mass is 234 g/mol. The van der Waals surface area contributed by atoms with Gasteiger partial charge in [-0.05, 0) is 45.0 Å². The Morgan fingerprint density at radius 2 is 0.875 bits per heavy atom. The summed E-state index contributed by atoms with van der Waals surface area (Å²) in [4.78, 5) is 0. The van der Waals surface area contributed by atoms with Gasteiger partial charge in [-0.3, -0.25) is 9.13 Å². The third-order valence-corrected chi connectivity index (χ3v) is 12.9. The third-order valence-electron chi connectivity index (χ3n) is 0.271. The Morgan fingerprint density at radius 3 is 0.875 bits per heavy atom. The highest BCUT2D eigenvalue weighted by Crippen LogP contribution is 2.92. The van der Waals surface area contributed by atoms with Crippen LogP contribution < -0.4 is 0 Å².